The molecule has 0 bridgehead atoms. The lowest BCUT2D eigenvalue weighted by Gasteiger charge is -2.11. The van der Waals surface area contributed by atoms with E-state index in [0.29, 0.717) is 33.6 Å². The SMILES string of the molecule is COCCN1C(=O)S/C(=C/c2cc(Cl)c(OC)c(OC)c2)C1=O. The van der Waals surface area contributed by atoms with Crippen LogP contribution < -0.4 is 9.47 Å². The van der Waals surface area contributed by atoms with Gasteiger partial charge in [-0.2, -0.15) is 0 Å². The Labute approximate surface area is 143 Å². The largest absolute Gasteiger partial charge is 0.493 e. The van der Waals surface area contributed by atoms with Gasteiger partial charge in [0.1, 0.15) is 0 Å². The lowest BCUT2D eigenvalue weighted by molar-refractivity contribution is -0.123. The second-order valence-electron chi connectivity index (χ2n) is 4.56. The molecule has 0 aliphatic carbocycles. The van der Waals surface area contributed by atoms with Gasteiger partial charge < -0.3 is 14.2 Å². The summed E-state index contributed by atoms with van der Waals surface area (Å²) in [5.41, 5.74) is 0.643. The number of benzene rings is 1. The summed E-state index contributed by atoms with van der Waals surface area (Å²) < 4.78 is 15.3. The molecule has 6 nitrogen and oxygen atoms in total. The lowest BCUT2D eigenvalue weighted by Crippen LogP contribution is -2.31. The van der Waals surface area contributed by atoms with Gasteiger partial charge in [0.15, 0.2) is 11.5 Å². The van der Waals surface area contributed by atoms with Crippen LogP contribution in [0.4, 0.5) is 4.79 Å². The molecule has 0 atom stereocenters. The number of imide groups is 1. The van der Waals surface area contributed by atoms with Crippen molar-refractivity contribution in [3.8, 4) is 11.5 Å². The van der Waals surface area contributed by atoms with Crippen LogP contribution in [0.2, 0.25) is 5.02 Å². The van der Waals surface area contributed by atoms with Gasteiger partial charge in [-0.25, -0.2) is 0 Å². The van der Waals surface area contributed by atoms with Gasteiger partial charge in [0.25, 0.3) is 11.1 Å². The van der Waals surface area contributed by atoms with E-state index in [0.717, 1.165) is 16.7 Å². The second kappa shape index (κ2) is 7.72. The van der Waals surface area contributed by atoms with Crippen LogP contribution >= 0.6 is 23.4 Å². The van der Waals surface area contributed by atoms with Crippen LogP contribution in [-0.2, 0) is 9.53 Å². The molecule has 124 valence electrons. The predicted octanol–water partition coefficient (Wildman–Crippen LogP) is 3.04. The zero-order valence-electron chi connectivity index (χ0n) is 12.9. The molecule has 1 aliphatic rings. The van der Waals surface area contributed by atoms with E-state index in [4.69, 9.17) is 25.8 Å². The normalized spacial score (nSPS) is 16.3. The maximum Gasteiger partial charge on any atom is 0.293 e. The number of carbonyl (C=O) groups is 2. The van der Waals surface area contributed by atoms with Crippen LogP contribution in [0.25, 0.3) is 6.08 Å². The van der Waals surface area contributed by atoms with Gasteiger partial charge in [-0.05, 0) is 35.5 Å². The fourth-order valence-corrected chi connectivity index (χ4v) is 3.21. The summed E-state index contributed by atoms with van der Waals surface area (Å²) >= 11 is 7.03. The highest BCUT2D eigenvalue weighted by Gasteiger charge is 2.34. The summed E-state index contributed by atoms with van der Waals surface area (Å²) in [6.45, 7) is 0.526. The van der Waals surface area contributed by atoms with Crippen molar-refractivity contribution in [3.63, 3.8) is 0 Å². The van der Waals surface area contributed by atoms with Crippen LogP contribution in [0.3, 0.4) is 0 Å². The fraction of sp³-hybridized carbons (Fsp3) is 0.333. The summed E-state index contributed by atoms with van der Waals surface area (Å²) in [7, 11) is 4.50. The summed E-state index contributed by atoms with van der Waals surface area (Å²) in [4.78, 5) is 25.6. The number of halogens is 1. The minimum Gasteiger partial charge on any atom is -0.493 e. The van der Waals surface area contributed by atoms with E-state index in [2.05, 4.69) is 0 Å². The van der Waals surface area contributed by atoms with Crippen molar-refractivity contribution < 1.29 is 23.8 Å². The first-order valence-corrected chi connectivity index (χ1v) is 7.87. The fourth-order valence-electron chi connectivity index (χ4n) is 2.05. The maximum atomic E-state index is 12.3. The molecule has 0 saturated carbocycles. The summed E-state index contributed by atoms with van der Waals surface area (Å²) in [5.74, 6) is 0.521. The van der Waals surface area contributed by atoms with Crippen molar-refractivity contribution in [1.29, 1.82) is 0 Å². The molecule has 1 fully saturated rings. The molecular formula is C15H16ClNO5S. The molecule has 0 N–H and O–H groups in total. The number of nitrogens with zero attached hydrogens (tertiary/aromatic N) is 1. The Bertz CT molecular complexity index is 662. The smallest absolute Gasteiger partial charge is 0.293 e. The molecule has 1 aliphatic heterocycles. The monoisotopic (exact) mass is 357 g/mol. The number of amides is 2. The first-order chi connectivity index (χ1) is 11.0. The first kappa shape index (κ1) is 17.7. The molecule has 1 saturated heterocycles. The zero-order chi connectivity index (χ0) is 17.0. The standard InChI is InChI=1S/C15H16ClNO5S/c1-20-5-4-17-14(18)12(23-15(17)19)8-9-6-10(16)13(22-3)11(7-9)21-2/h6-8H,4-5H2,1-3H3/b12-8+. The zero-order valence-corrected chi connectivity index (χ0v) is 14.5. The molecule has 0 radical (unpaired) electrons. The van der Waals surface area contributed by atoms with E-state index in [1.165, 1.54) is 21.3 Å². The third-order valence-electron chi connectivity index (χ3n) is 3.15. The Balaban J connectivity index is 2.30. The number of thioether (sulfide) groups is 1. The van der Waals surface area contributed by atoms with E-state index in [1.54, 1.807) is 18.2 Å². The van der Waals surface area contributed by atoms with Crippen molar-refractivity contribution in [2.45, 2.75) is 0 Å². The lowest BCUT2D eigenvalue weighted by atomic mass is 10.2. The van der Waals surface area contributed by atoms with E-state index in [1.807, 2.05) is 0 Å². The maximum absolute atomic E-state index is 12.3. The Hall–Kier alpha value is -1.70. The number of carbonyl (C=O) groups excluding carboxylic acids is 2. The molecule has 0 unspecified atom stereocenters. The van der Waals surface area contributed by atoms with Gasteiger partial charge in [-0.1, -0.05) is 11.6 Å². The highest BCUT2D eigenvalue weighted by atomic mass is 35.5. The second-order valence-corrected chi connectivity index (χ2v) is 5.96. The quantitative estimate of drug-likeness (QED) is 0.729. The van der Waals surface area contributed by atoms with Crippen molar-refractivity contribution in [1.82, 2.24) is 4.90 Å². The average molecular weight is 358 g/mol. The van der Waals surface area contributed by atoms with Crippen LogP contribution in [0.5, 0.6) is 11.5 Å². The molecule has 1 heterocycles. The first-order valence-electron chi connectivity index (χ1n) is 6.67. The highest BCUT2D eigenvalue weighted by Crippen LogP contribution is 2.38. The predicted molar refractivity (Wildman–Crippen MR) is 89.1 cm³/mol. The summed E-state index contributed by atoms with van der Waals surface area (Å²) in [6.07, 6.45) is 1.60. The Morgan fingerprint density at radius 3 is 2.57 bits per heavy atom. The molecule has 2 rings (SSSR count). The Morgan fingerprint density at radius 2 is 1.96 bits per heavy atom. The molecule has 1 aromatic rings. The number of hydrogen-bond acceptors (Lipinski definition) is 6. The topological polar surface area (TPSA) is 65.1 Å². The number of rotatable bonds is 6. The summed E-state index contributed by atoms with van der Waals surface area (Å²) in [5, 5.41) is 0.0431. The van der Waals surface area contributed by atoms with Crippen LogP contribution in [0.1, 0.15) is 5.56 Å². The van der Waals surface area contributed by atoms with Crippen LogP contribution in [-0.4, -0.2) is 50.5 Å². The molecule has 2 amide bonds. The van der Waals surface area contributed by atoms with Gasteiger partial charge in [-0.3, -0.25) is 14.5 Å². The van der Waals surface area contributed by atoms with Gasteiger partial charge >= 0.3 is 0 Å². The number of methoxy groups -OCH3 is 3. The summed E-state index contributed by atoms with van der Waals surface area (Å²) in [6, 6.07) is 3.33. The van der Waals surface area contributed by atoms with Crippen molar-refractivity contribution in [2.24, 2.45) is 0 Å². The Kier molecular flexibility index (Phi) is 5.92. The van der Waals surface area contributed by atoms with Crippen molar-refractivity contribution in [2.75, 3.05) is 34.5 Å². The minimum atomic E-state index is -0.344. The van der Waals surface area contributed by atoms with E-state index < -0.39 is 0 Å². The van der Waals surface area contributed by atoms with Gasteiger partial charge in [0.2, 0.25) is 0 Å². The molecular weight excluding hydrogens is 342 g/mol. The third-order valence-corrected chi connectivity index (χ3v) is 4.33. The van der Waals surface area contributed by atoms with Gasteiger partial charge in [0.05, 0.1) is 37.3 Å². The van der Waals surface area contributed by atoms with E-state index >= 15 is 0 Å². The average Bonchev–Trinajstić information content (AvgIpc) is 2.78. The van der Waals surface area contributed by atoms with Crippen molar-refractivity contribution in [3.05, 3.63) is 27.6 Å². The molecule has 1 aromatic carbocycles. The van der Waals surface area contributed by atoms with E-state index in [9.17, 15) is 9.59 Å². The molecule has 8 heteroatoms. The molecule has 0 aromatic heterocycles. The molecule has 23 heavy (non-hydrogen) atoms. The van der Waals surface area contributed by atoms with Crippen LogP contribution in [0.15, 0.2) is 17.0 Å². The third kappa shape index (κ3) is 3.80. The molecule has 0 spiro atoms. The minimum absolute atomic E-state index is 0.227. The number of hydrogen-bond donors (Lipinski definition) is 0. The van der Waals surface area contributed by atoms with Crippen LogP contribution in [0, 0.1) is 0 Å². The van der Waals surface area contributed by atoms with Gasteiger partial charge in [0, 0.05) is 7.11 Å². The van der Waals surface area contributed by atoms with E-state index in [-0.39, 0.29) is 17.7 Å². The number of ether oxygens (including phenoxy) is 3. The van der Waals surface area contributed by atoms with Crippen molar-refractivity contribution >= 4 is 40.6 Å². The van der Waals surface area contributed by atoms with Gasteiger partial charge in [-0.15, -0.1) is 0 Å². The Morgan fingerprint density at radius 1 is 1.22 bits per heavy atom. The highest BCUT2D eigenvalue weighted by molar-refractivity contribution is 8.18.